The van der Waals surface area contributed by atoms with Crippen molar-refractivity contribution in [3.63, 3.8) is 0 Å². The highest BCUT2D eigenvalue weighted by atomic mass is 35.5. The number of anilines is 1. The highest BCUT2D eigenvalue weighted by molar-refractivity contribution is 7.20. The predicted octanol–water partition coefficient (Wildman–Crippen LogP) is 6.69. The number of benzene rings is 1. The number of rotatable bonds is 4. The van der Waals surface area contributed by atoms with Gasteiger partial charge in [-0.15, -0.1) is 11.3 Å². The van der Waals surface area contributed by atoms with Crippen LogP contribution in [0, 0.1) is 6.92 Å². The van der Waals surface area contributed by atoms with Crippen LogP contribution in [0.4, 0.5) is 5.69 Å². The van der Waals surface area contributed by atoms with E-state index >= 15 is 0 Å². The summed E-state index contributed by atoms with van der Waals surface area (Å²) in [6.45, 7) is 2.98. The van der Waals surface area contributed by atoms with Gasteiger partial charge >= 0.3 is 0 Å². The molecular formula is C21H21ClN2S. The van der Waals surface area contributed by atoms with Gasteiger partial charge in [0.15, 0.2) is 0 Å². The van der Waals surface area contributed by atoms with Crippen molar-refractivity contribution in [2.75, 3.05) is 5.32 Å². The SMILES string of the molecule is Cc1c(C2CC=CCC2)sc2c(NCc3ccccc3)cc(Cl)nc12. The number of allylic oxidation sites excluding steroid dienone is 2. The number of hydrogen-bond donors (Lipinski definition) is 1. The Labute approximate surface area is 157 Å². The number of thiophene rings is 1. The average molecular weight is 369 g/mol. The molecule has 1 unspecified atom stereocenters. The monoisotopic (exact) mass is 368 g/mol. The molecule has 1 aliphatic carbocycles. The predicted molar refractivity (Wildman–Crippen MR) is 109 cm³/mol. The van der Waals surface area contributed by atoms with Crippen molar-refractivity contribution in [1.29, 1.82) is 0 Å². The van der Waals surface area contributed by atoms with Gasteiger partial charge in [0.2, 0.25) is 0 Å². The zero-order valence-corrected chi connectivity index (χ0v) is 15.8. The zero-order chi connectivity index (χ0) is 17.2. The molecule has 128 valence electrons. The van der Waals surface area contributed by atoms with Crippen LogP contribution in [0.25, 0.3) is 10.2 Å². The molecule has 2 heterocycles. The standard InChI is InChI=1S/C21H21ClN2S/c1-14-19-21(25-20(14)16-10-6-3-7-11-16)17(12-18(22)24-19)23-13-15-8-4-2-5-9-15/h2-6,8-9,12,16H,7,10-11,13H2,1H3,(H,23,24). The maximum Gasteiger partial charge on any atom is 0.131 e. The minimum absolute atomic E-state index is 0.555. The molecule has 0 amide bonds. The molecule has 1 N–H and O–H groups in total. The van der Waals surface area contributed by atoms with E-state index in [-0.39, 0.29) is 0 Å². The Balaban J connectivity index is 1.70. The number of nitrogens with zero attached hydrogens (tertiary/aromatic N) is 1. The molecule has 0 spiro atoms. The lowest BCUT2D eigenvalue weighted by molar-refractivity contribution is 0.624. The van der Waals surface area contributed by atoms with E-state index in [0.717, 1.165) is 24.2 Å². The Kier molecular flexibility index (Phi) is 4.78. The minimum Gasteiger partial charge on any atom is -0.380 e. The lowest BCUT2D eigenvalue weighted by atomic mass is 9.91. The second-order valence-corrected chi connectivity index (χ2v) is 8.02. The topological polar surface area (TPSA) is 24.9 Å². The van der Waals surface area contributed by atoms with Crippen LogP contribution in [0.3, 0.4) is 0 Å². The molecule has 0 bridgehead atoms. The number of nitrogens with one attached hydrogen (secondary N) is 1. The molecule has 0 saturated carbocycles. The largest absolute Gasteiger partial charge is 0.380 e. The summed E-state index contributed by atoms with van der Waals surface area (Å²) in [6.07, 6.45) is 8.14. The summed E-state index contributed by atoms with van der Waals surface area (Å²) in [4.78, 5) is 6.09. The third-order valence-electron chi connectivity index (χ3n) is 4.84. The Morgan fingerprint density at radius 2 is 2.08 bits per heavy atom. The molecule has 4 heteroatoms. The van der Waals surface area contributed by atoms with E-state index in [1.165, 1.54) is 33.5 Å². The molecule has 3 aromatic rings. The van der Waals surface area contributed by atoms with Crippen molar-refractivity contribution < 1.29 is 0 Å². The number of aryl methyl sites for hydroxylation is 1. The van der Waals surface area contributed by atoms with Crippen LogP contribution >= 0.6 is 22.9 Å². The van der Waals surface area contributed by atoms with E-state index in [1.54, 1.807) is 0 Å². The van der Waals surface area contributed by atoms with E-state index in [4.69, 9.17) is 11.6 Å². The van der Waals surface area contributed by atoms with Crippen molar-refractivity contribution in [2.24, 2.45) is 0 Å². The van der Waals surface area contributed by atoms with Gasteiger partial charge in [0.1, 0.15) is 5.15 Å². The molecule has 0 saturated heterocycles. The maximum absolute atomic E-state index is 6.31. The van der Waals surface area contributed by atoms with Gasteiger partial charge in [-0.05, 0) is 43.2 Å². The fourth-order valence-corrected chi connectivity index (χ4v) is 5.09. The molecule has 1 aromatic carbocycles. The summed E-state index contributed by atoms with van der Waals surface area (Å²) >= 11 is 8.20. The summed E-state index contributed by atoms with van der Waals surface area (Å²) in [5.74, 6) is 0.616. The number of hydrogen-bond acceptors (Lipinski definition) is 3. The van der Waals surface area contributed by atoms with Crippen LogP contribution in [0.2, 0.25) is 5.15 Å². The Hall–Kier alpha value is -1.84. The van der Waals surface area contributed by atoms with Gasteiger partial charge in [-0.1, -0.05) is 54.1 Å². The molecule has 1 atom stereocenters. The van der Waals surface area contributed by atoms with Crippen LogP contribution in [-0.4, -0.2) is 4.98 Å². The quantitative estimate of drug-likeness (QED) is 0.409. The first kappa shape index (κ1) is 16.6. The summed E-state index contributed by atoms with van der Waals surface area (Å²) in [6, 6.07) is 12.4. The van der Waals surface area contributed by atoms with Crippen molar-refractivity contribution in [3.05, 3.63) is 69.7 Å². The van der Waals surface area contributed by atoms with Crippen LogP contribution in [-0.2, 0) is 6.54 Å². The van der Waals surface area contributed by atoms with E-state index in [0.29, 0.717) is 11.1 Å². The van der Waals surface area contributed by atoms with Crippen LogP contribution in [0.15, 0.2) is 48.6 Å². The van der Waals surface area contributed by atoms with Crippen molar-refractivity contribution in [3.8, 4) is 0 Å². The molecule has 0 fully saturated rings. The molecule has 2 aromatic heterocycles. The maximum atomic E-state index is 6.31. The first-order valence-electron chi connectivity index (χ1n) is 8.74. The van der Waals surface area contributed by atoms with Crippen molar-refractivity contribution in [1.82, 2.24) is 4.98 Å². The van der Waals surface area contributed by atoms with E-state index < -0.39 is 0 Å². The number of pyridine rings is 1. The van der Waals surface area contributed by atoms with Gasteiger partial charge in [0.05, 0.1) is 15.9 Å². The number of fused-ring (bicyclic) bond motifs is 1. The summed E-state index contributed by atoms with van der Waals surface area (Å²) in [5.41, 5.74) is 4.70. The van der Waals surface area contributed by atoms with Gasteiger partial charge in [-0.2, -0.15) is 0 Å². The zero-order valence-electron chi connectivity index (χ0n) is 14.3. The normalized spacial score (nSPS) is 17.1. The first-order valence-corrected chi connectivity index (χ1v) is 9.94. The highest BCUT2D eigenvalue weighted by Gasteiger charge is 2.21. The van der Waals surface area contributed by atoms with E-state index in [1.807, 2.05) is 23.5 Å². The second-order valence-electron chi connectivity index (χ2n) is 6.58. The third kappa shape index (κ3) is 3.44. The fraction of sp³-hybridized carbons (Fsp3) is 0.286. The summed E-state index contributed by atoms with van der Waals surface area (Å²) in [7, 11) is 0. The first-order chi connectivity index (χ1) is 12.2. The smallest absolute Gasteiger partial charge is 0.131 e. The van der Waals surface area contributed by atoms with Gasteiger partial charge in [0, 0.05) is 17.5 Å². The van der Waals surface area contributed by atoms with Crippen LogP contribution < -0.4 is 5.32 Å². The molecular weight excluding hydrogens is 348 g/mol. The van der Waals surface area contributed by atoms with Crippen LogP contribution in [0.5, 0.6) is 0 Å². The van der Waals surface area contributed by atoms with Gasteiger partial charge in [0.25, 0.3) is 0 Å². The Morgan fingerprint density at radius 1 is 1.24 bits per heavy atom. The molecule has 2 nitrogen and oxygen atoms in total. The van der Waals surface area contributed by atoms with E-state index in [9.17, 15) is 0 Å². The number of aromatic nitrogens is 1. The highest BCUT2D eigenvalue weighted by Crippen LogP contribution is 2.43. The summed E-state index contributed by atoms with van der Waals surface area (Å²) in [5, 5.41) is 4.11. The van der Waals surface area contributed by atoms with Gasteiger partial charge in [-0.3, -0.25) is 0 Å². The summed E-state index contributed by atoms with van der Waals surface area (Å²) < 4.78 is 1.22. The molecule has 0 radical (unpaired) electrons. The minimum atomic E-state index is 0.555. The fourth-order valence-electron chi connectivity index (χ4n) is 3.51. The van der Waals surface area contributed by atoms with Crippen LogP contribution in [0.1, 0.15) is 41.2 Å². The molecule has 0 aliphatic heterocycles. The average Bonchev–Trinajstić information content (AvgIpc) is 2.98. The Morgan fingerprint density at radius 3 is 2.84 bits per heavy atom. The molecule has 4 rings (SSSR count). The van der Waals surface area contributed by atoms with Gasteiger partial charge in [-0.25, -0.2) is 4.98 Å². The molecule has 25 heavy (non-hydrogen) atoms. The van der Waals surface area contributed by atoms with E-state index in [2.05, 4.69) is 53.6 Å². The van der Waals surface area contributed by atoms with Gasteiger partial charge < -0.3 is 5.32 Å². The van der Waals surface area contributed by atoms with Crippen molar-refractivity contribution >= 4 is 38.8 Å². The molecule has 1 aliphatic rings. The number of halogens is 1. The lowest BCUT2D eigenvalue weighted by Crippen LogP contribution is -2.00. The lowest BCUT2D eigenvalue weighted by Gasteiger charge is -2.16. The van der Waals surface area contributed by atoms with Crippen molar-refractivity contribution in [2.45, 2.75) is 38.6 Å². The Bertz CT molecular complexity index is 915. The second kappa shape index (κ2) is 7.19. The third-order valence-corrected chi connectivity index (χ3v) is 6.51.